The molecule has 1 heterocycles. The summed E-state index contributed by atoms with van der Waals surface area (Å²) in [7, 11) is 0. The van der Waals surface area contributed by atoms with Gasteiger partial charge in [-0.3, -0.25) is 0 Å². The number of rotatable bonds is 4. The highest BCUT2D eigenvalue weighted by Gasteiger charge is 2.16. The molecule has 23 heavy (non-hydrogen) atoms. The van der Waals surface area contributed by atoms with E-state index in [9.17, 15) is 0 Å². The Labute approximate surface area is 142 Å². The molecule has 2 nitrogen and oxygen atoms in total. The normalized spacial score (nSPS) is 11.4. The number of benzene rings is 2. The number of hydrogen-bond donors (Lipinski definition) is 0. The summed E-state index contributed by atoms with van der Waals surface area (Å²) >= 11 is 1.68. The summed E-state index contributed by atoms with van der Waals surface area (Å²) < 4.78 is 0. The second-order valence-electron chi connectivity index (χ2n) is 6.40. The van der Waals surface area contributed by atoms with Crippen LogP contribution in [0, 0.1) is 0 Å². The van der Waals surface area contributed by atoms with Gasteiger partial charge in [0.1, 0.15) is 10.0 Å². The zero-order valence-corrected chi connectivity index (χ0v) is 14.9. The van der Waals surface area contributed by atoms with E-state index in [-0.39, 0.29) is 0 Å². The van der Waals surface area contributed by atoms with Gasteiger partial charge in [0.15, 0.2) is 0 Å². The van der Waals surface area contributed by atoms with Gasteiger partial charge >= 0.3 is 0 Å². The first-order valence-corrected chi connectivity index (χ1v) is 8.91. The molecule has 0 N–H and O–H groups in total. The fraction of sp³-hybridized carbons (Fsp3) is 0.300. The van der Waals surface area contributed by atoms with Crippen molar-refractivity contribution in [1.29, 1.82) is 0 Å². The van der Waals surface area contributed by atoms with Gasteiger partial charge in [-0.25, -0.2) is 0 Å². The van der Waals surface area contributed by atoms with Crippen molar-refractivity contribution in [3.05, 3.63) is 59.7 Å². The van der Waals surface area contributed by atoms with Gasteiger partial charge in [0, 0.05) is 11.1 Å². The maximum atomic E-state index is 4.47. The van der Waals surface area contributed by atoms with Crippen LogP contribution in [0.3, 0.4) is 0 Å². The van der Waals surface area contributed by atoms with E-state index in [2.05, 4.69) is 86.4 Å². The summed E-state index contributed by atoms with van der Waals surface area (Å²) in [5.41, 5.74) is 5.06. The van der Waals surface area contributed by atoms with E-state index in [4.69, 9.17) is 0 Å². The van der Waals surface area contributed by atoms with Crippen molar-refractivity contribution in [2.24, 2.45) is 0 Å². The number of hydrogen-bond acceptors (Lipinski definition) is 3. The molecule has 0 amide bonds. The van der Waals surface area contributed by atoms with Crippen LogP contribution in [0.15, 0.2) is 48.5 Å². The summed E-state index contributed by atoms with van der Waals surface area (Å²) in [6, 6.07) is 17.0. The molecular formula is C20H22N2S. The fourth-order valence-corrected chi connectivity index (χ4v) is 3.77. The Morgan fingerprint density at radius 1 is 0.652 bits per heavy atom. The predicted molar refractivity (Wildman–Crippen MR) is 99.0 cm³/mol. The van der Waals surface area contributed by atoms with Gasteiger partial charge < -0.3 is 0 Å². The van der Waals surface area contributed by atoms with E-state index in [1.165, 1.54) is 22.3 Å². The molecule has 0 aliphatic heterocycles. The van der Waals surface area contributed by atoms with E-state index >= 15 is 0 Å². The summed E-state index contributed by atoms with van der Waals surface area (Å²) in [6.45, 7) is 8.87. The Balaban J connectivity index is 2.06. The maximum absolute atomic E-state index is 4.47. The molecule has 0 aliphatic rings. The summed E-state index contributed by atoms with van der Waals surface area (Å²) in [6.07, 6.45) is 0. The van der Waals surface area contributed by atoms with Crippen LogP contribution in [0.2, 0.25) is 0 Å². The minimum Gasteiger partial charge on any atom is -0.138 e. The molecule has 0 unspecified atom stereocenters. The highest BCUT2D eigenvalue weighted by molar-refractivity contribution is 7.18. The van der Waals surface area contributed by atoms with Gasteiger partial charge in [0.2, 0.25) is 0 Å². The summed E-state index contributed by atoms with van der Waals surface area (Å²) in [5, 5.41) is 11.0. The van der Waals surface area contributed by atoms with Crippen molar-refractivity contribution in [1.82, 2.24) is 10.2 Å². The van der Waals surface area contributed by atoms with Crippen molar-refractivity contribution < 1.29 is 0 Å². The molecule has 0 aliphatic carbocycles. The third-order valence-electron chi connectivity index (χ3n) is 4.05. The van der Waals surface area contributed by atoms with Gasteiger partial charge in [0.25, 0.3) is 0 Å². The molecule has 3 rings (SSSR count). The molecule has 0 bridgehead atoms. The van der Waals surface area contributed by atoms with E-state index in [1.54, 1.807) is 11.3 Å². The molecular weight excluding hydrogens is 300 g/mol. The van der Waals surface area contributed by atoms with Crippen LogP contribution >= 0.6 is 11.3 Å². The zero-order chi connectivity index (χ0) is 16.4. The highest BCUT2D eigenvalue weighted by Crippen LogP contribution is 2.36. The molecule has 0 saturated carbocycles. The minimum absolute atomic E-state index is 0.474. The highest BCUT2D eigenvalue weighted by atomic mass is 32.1. The van der Waals surface area contributed by atoms with Crippen LogP contribution < -0.4 is 0 Å². The lowest BCUT2D eigenvalue weighted by atomic mass is 9.98. The first-order valence-electron chi connectivity index (χ1n) is 8.10. The Kier molecular flexibility index (Phi) is 4.58. The lowest BCUT2D eigenvalue weighted by Crippen LogP contribution is -1.91. The third kappa shape index (κ3) is 3.20. The van der Waals surface area contributed by atoms with Gasteiger partial charge in [-0.15, -0.1) is 10.2 Å². The second kappa shape index (κ2) is 6.63. The quantitative estimate of drug-likeness (QED) is 0.578. The molecule has 3 heteroatoms. The first kappa shape index (κ1) is 15.9. The van der Waals surface area contributed by atoms with Crippen molar-refractivity contribution in [3.63, 3.8) is 0 Å². The summed E-state index contributed by atoms with van der Waals surface area (Å²) in [4.78, 5) is 0. The minimum atomic E-state index is 0.474. The van der Waals surface area contributed by atoms with Gasteiger partial charge in [0.05, 0.1) is 0 Å². The predicted octanol–water partition coefficient (Wildman–Crippen LogP) is 6.12. The molecule has 2 aromatic carbocycles. The van der Waals surface area contributed by atoms with Gasteiger partial charge in [-0.05, 0) is 23.0 Å². The molecule has 0 fully saturated rings. The Morgan fingerprint density at radius 2 is 1.04 bits per heavy atom. The van der Waals surface area contributed by atoms with E-state index in [0.29, 0.717) is 11.8 Å². The average molecular weight is 322 g/mol. The molecule has 1 aromatic heterocycles. The molecule has 118 valence electrons. The molecule has 0 saturated heterocycles. The number of aromatic nitrogens is 2. The first-order chi connectivity index (χ1) is 11.1. The van der Waals surface area contributed by atoms with Crippen LogP contribution in [0.4, 0.5) is 0 Å². The van der Waals surface area contributed by atoms with Crippen LogP contribution in [0.1, 0.15) is 50.7 Å². The van der Waals surface area contributed by atoms with Crippen molar-refractivity contribution >= 4 is 11.3 Å². The molecule has 3 aromatic rings. The average Bonchev–Trinajstić information content (AvgIpc) is 3.04. The maximum Gasteiger partial charge on any atom is 0.148 e. The fourth-order valence-electron chi connectivity index (χ4n) is 2.83. The van der Waals surface area contributed by atoms with Crippen LogP contribution in [-0.4, -0.2) is 10.2 Å². The molecule has 0 radical (unpaired) electrons. The third-order valence-corrected chi connectivity index (χ3v) is 5.04. The summed E-state index contributed by atoms with van der Waals surface area (Å²) in [5.74, 6) is 0.947. The van der Waals surface area contributed by atoms with Crippen LogP contribution in [0.5, 0.6) is 0 Å². The van der Waals surface area contributed by atoms with Gasteiger partial charge in [-0.1, -0.05) is 87.6 Å². The van der Waals surface area contributed by atoms with Crippen molar-refractivity contribution in [3.8, 4) is 21.1 Å². The standard InChI is InChI=1S/C20H22N2S/c1-13(2)15-9-5-7-11-17(15)19-21-22-20(23-19)18-12-8-6-10-16(18)14(3)4/h5-14H,1-4H3. The molecule has 0 atom stereocenters. The Bertz CT molecular complexity index is 737. The number of nitrogens with zero attached hydrogens (tertiary/aromatic N) is 2. The Hall–Kier alpha value is -2.00. The van der Waals surface area contributed by atoms with E-state index in [1.807, 2.05) is 0 Å². The molecule has 0 spiro atoms. The monoisotopic (exact) mass is 322 g/mol. The SMILES string of the molecule is CC(C)c1ccccc1-c1nnc(-c2ccccc2C(C)C)s1. The van der Waals surface area contributed by atoms with E-state index in [0.717, 1.165) is 10.0 Å². The largest absolute Gasteiger partial charge is 0.148 e. The van der Waals surface area contributed by atoms with Crippen molar-refractivity contribution in [2.45, 2.75) is 39.5 Å². The van der Waals surface area contributed by atoms with Crippen LogP contribution in [-0.2, 0) is 0 Å². The Morgan fingerprint density at radius 3 is 1.43 bits per heavy atom. The lowest BCUT2D eigenvalue weighted by molar-refractivity contribution is 0.866. The van der Waals surface area contributed by atoms with Crippen LogP contribution in [0.25, 0.3) is 21.1 Å². The smallest absolute Gasteiger partial charge is 0.138 e. The van der Waals surface area contributed by atoms with Gasteiger partial charge in [-0.2, -0.15) is 0 Å². The van der Waals surface area contributed by atoms with Crippen molar-refractivity contribution in [2.75, 3.05) is 0 Å². The second-order valence-corrected chi connectivity index (χ2v) is 7.37. The topological polar surface area (TPSA) is 25.8 Å². The van der Waals surface area contributed by atoms with E-state index < -0.39 is 0 Å². The lowest BCUT2D eigenvalue weighted by Gasteiger charge is -2.10. The zero-order valence-electron chi connectivity index (χ0n) is 14.1.